The molecule has 8 heteroatoms. The number of rotatable bonds is 6. The number of nitrogens with two attached hydrogens (primary N) is 1. The molecule has 0 saturated carbocycles. The average molecular weight is 299 g/mol. The summed E-state index contributed by atoms with van der Waals surface area (Å²) >= 11 is 0. The van der Waals surface area contributed by atoms with E-state index in [2.05, 4.69) is 15.5 Å². The highest BCUT2D eigenvalue weighted by Gasteiger charge is 2.22. The Morgan fingerprint density at radius 1 is 1.29 bits per heavy atom. The van der Waals surface area contributed by atoms with Crippen molar-refractivity contribution < 1.29 is 13.2 Å². The van der Waals surface area contributed by atoms with E-state index in [0.717, 1.165) is 12.5 Å². The van der Waals surface area contributed by atoms with E-state index in [0.29, 0.717) is 12.4 Å². The van der Waals surface area contributed by atoms with Gasteiger partial charge in [0.25, 0.3) is 0 Å². The van der Waals surface area contributed by atoms with Gasteiger partial charge in [0.1, 0.15) is 12.2 Å². The van der Waals surface area contributed by atoms with Crippen molar-refractivity contribution in [3.8, 4) is 0 Å². The Hall–Kier alpha value is -1.93. The second-order valence-corrected chi connectivity index (χ2v) is 4.59. The van der Waals surface area contributed by atoms with Crippen LogP contribution in [0.5, 0.6) is 0 Å². The van der Waals surface area contributed by atoms with E-state index in [1.54, 1.807) is 4.68 Å². The predicted molar refractivity (Wildman–Crippen MR) is 70.4 cm³/mol. The van der Waals surface area contributed by atoms with Crippen molar-refractivity contribution in [2.75, 3.05) is 0 Å². The minimum atomic E-state index is -1.51. The Balaban J connectivity index is 2.28. The molecule has 21 heavy (non-hydrogen) atoms. The molecule has 0 radical (unpaired) electrons. The highest BCUT2D eigenvalue weighted by molar-refractivity contribution is 5.24. The maximum Gasteiger partial charge on any atom is 0.194 e. The summed E-state index contributed by atoms with van der Waals surface area (Å²) in [6, 6.07) is 1.30. The summed E-state index contributed by atoms with van der Waals surface area (Å²) in [6.45, 7) is 2.64. The van der Waals surface area contributed by atoms with Crippen LogP contribution < -0.4 is 11.3 Å². The highest BCUT2D eigenvalue weighted by atomic mass is 19.2. The van der Waals surface area contributed by atoms with Crippen molar-refractivity contribution in [1.82, 2.24) is 20.2 Å². The molecule has 1 heterocycles. The fraction of sp³-hybridized carbons (Fsp3) is 0.385. The quantitative estimate of drug-likeness (QED) is 0.485. The number of nitrogens with zero attached hydrogens (tertiary/aromatic N) is 3. The SMILES string of the molecule is CCCn1ncnc1CC(NN)c1ccc(F)c(F)c1F. The molecule has 1 unspecified atom stereocenters. The number of nitrogens with one attached hydrogen (secondary N) is 1. The van der Waals surface area contributed by atoms with Crippen LogP contribution in [0.4, 0.5) is 13.2 Å². The maximum absolute atomic E-state index is 13.8. The van der Waals surface area contributed by atoms with Crippen molar-refractivity contribution in [2.24, 2.45) is 5.84 Å². The van der Waals surface area contributed by atoms with Crippen LogP contribution >= 0.6 is 0 Å². The third-order valence-electron chi connectivity index (χ3n) is 3.16. The van der Waals surface area contributed by atoms with Gasteiger partial charge in [0, 0.05) is 18.5 Å². The molecular formula is C13H16F3N5. The summed E-state index contributed by atoms with van der Waals surface area (Å²) in [6.07, 6.45) is 2.45. The molecule has 0 saturated heterocycles. The Bertz CT molecular complexity index is 614. The minimum Gasteiger partial charge on any atom is -0.271 e. The molecule has 114 valence electrons. The monoisotopic (exact) mass is 299 g/mol. The van der Waals surface area contributed by atoms with Gasteiger partial charge in [-0.15, -0.1) is 0 Å². The molecule has 2 aromatic rings. The Morgan fingerprint density at radius 2 is 2.05 bits per heavy atom. The van der Waals surface area contributed by atoms with E-state index < -0.39 is 23.5 Å². The zero-order valence-corrected chi connectivity index (χ0v) is 11.5. The van der Waals surface area contributed by atoms with Crippen LogP contribution in [0.1, 0.15) is 30.8 Å². The van der Waals surface area contributed by atoms with E-state index in [1.165, 1.54) is 12.4 Å². The fourth-order valence-electron chi connectivity index (χ4n) is 2.10. The zero-order valence-electron chi connectivity index (χ0n) is 11.5. The second-order valence-electron chi connectivity index (χ2n) is 4.59. The molecule has 1 aromatic heterocycles. The first-order chi connectivity index (χ1) is 10.1. The second kappa shape index (κ2) is 6.68. The van der Waals surface area contributed by atoms with Gasteiger partial charge in [0.05, 0.1) is 6.04 Å². The van der Waals surface area contributed by atoms with Gasteiger partial charge in [-0.1, -0.05) is 13.0 Å². The lowest BCUT2D eigenvalue weighted by Gasteiger charge is -2.17. The molecule has 0 aliphatic rings. The van der Waals surface area contributed by atoms with E-state index >= 15 is 0 Å². The van der Waals surface area contributed by atoms with Gasteiger partial charge in [0.15, 0.2) is 17.5 Å². The first kappa shape index (κ1) is 15.5. The Morgan fingerprint density at radius 3 is 2.71 bits per heavy atom. The number of aryl methyl sites for hydroxylation is 1. The molecule has 0 fully saturated rings. The lowest BCUT2D eigenvalue weighted by Crippen LogP contribution is -2.31. The standard InChI is InChI=1S/C13H16F3N5/c1-2-5-21-11(18-7-19-21)6-10(20-17)8-3-4-9(14)13(16)12(8)15/h3-4,7,10,20H,2,5-6,17H2,1H3. The molecular weight excluding hydrogens is 283 g/mol. The third kappa shape index (κ3) is 3.22. The number of aromatic nitrogens is 3. The van der Waals surface area contributed by atoms with Gasteiger partial charge < -0.3 is 0 Å². The van der Waals surface area contributed by atoms with Crippen molar-refractivity contribution >= 4 is 0 Å². The molecule has 3 N–H and O–H groups in total. The third-order valence-corrected chi connectivity index (χ3v) is 3.16. The summed E-state index contributed by atoms with van der Waals surface area (Å²) in [5, 5.41) is 4.05. The molecule has 1 atom stereocenters. The van der Waals surface area contributed by atoms with Crippen molar-refractivity contribution in [3.63, 3.8) is 0 Å². The zero-order chi connectivity index (χ0) is 15.4. The summed E-state index contributed by atoms with van der Waals surface area (Å²) in [4.78, 5) is 4.08. The van der Waals surface area contributed by atoms with E-state index in [1.807, 2.05) is 6.92 Å². The van der Waals surface area contributed by atoms with Gasteiger partial charge >= 0.3 is 0 Å². The topological polar surface area (TPSA) is 68.8 Å². The fourth-order valence-corrected chi connectivity index (χ4v) is 2.10. The first-order valence-electron chi connectivity index (χ1n) is 6.54. The molecule has 0 amide bonds. The predicted octanol–water partition coefficient (Wildman–Crippen LogP) is 1.85. The van der Waals surface area contributed by atoms with Gasteiger partial charge in [0.2, 0.25) is 0 Å². The maximum atomic E-state index is 13.8. The highest BCUT2D eigenvalue weighted by Crippen LogP contribution is 2.23. The van der Waals surface area contributed by atoms with Gasteiger partial charge in [-0.3, -0.25) is 16.0 Å². The van der Waals surface area contributed by atoms with Crippen LogP contribution in [0.15, 0.2) is 18.5 Å². The lowest BCUT2D eigenvalue weighted by molar-refractivity contribution is 0.420. The molecule has 0 aliphatic carbocycles. The van der Waals surface area contributed by atoms with E-state index in [9.17, 15) is 13.2 Å². The van der Waals surface area contributed by atoms with Crippen molar-refractivity contribution in [1.29, 1.82) is 0 Å². The van der Waals surface area contributed by atoms with Gasteiger partial charge in [-0.2, -0.15) is 5.10 Å². The number of hydrazine groups is 1. The summed E-state index contributed by atoms with van der Waals surface area (Å²) in [5.74, 6) is 2.00. The van der Waals surface area contributed by atoms with Crippen LogP contribution in [0.2, 0.25) is 0 Å². The Kier molecular flexibility index (Phi) is 4.92. The van der Waals surface area contributed by atoms with Crippen LogP contribution in [-0.2, 0) is 13.0 Å². The van der Waals surface area contributed by atoms with E-state index in [-0.39, 0.29) is 12.0 Å². The lowest BCUT2D eigenvalue weighted by atomic mass is 10.0. The van der Waals surface area contributed by atoms with Crippen LogP contribution in [-0.4, -0.2) is 14.8 Å². The molecule has 0 aliphatic heterocycles. The van der Waals surface area contributed by atoms with Crippen LogP contribution in [0.3, 0.4) is 0 Å². The van der Waals surface area contributed by atoms with Crippen molar-refractivity contribution in [3.05, 3.63) is 47.3 Å². The molecule has 0 bridgehead atoms. The summed E-state index contributed by atoms with van der Waals surface area (Å²) in [7, 11) is 0. The molecule has 0 spiro atoms. The normalized spacial score (nSPS) is 12.6. The van der Waals surface area contributed by atoms with Gasteiger partial charge in [-0.05, 0) is 12.5 Å². The molecule has 1 aromatic carbocycles. The largest absolute Gasteiger partial charge is 0.271 e. The van der Waals surface area contributed by atoms with E-state index in [4.69, 9.17) is 5.84 Å². The first-order valence-corrected chi connectivity index (χ1v) is 6.54. The van der Waals surface area contributed by atoms with Crippen LogP contribution in [0.25, 0.3) is 0 Å². The number of halogens is 3. The van der Waals surface area contributed by atoms with Crippen molar-refractivity contribution in [2.45, 2.75) is 32.4 Å². The van der Waals surface area contributed by atoms with Gasteiger partial charge in [-0.25, -0.2) is 18.2 Å². The number of hydrogen-bond donors (Lipinski definition) is 2. The molecule has 2 rings (SSSR count). The number of benzene rings is 1. The number of hydrogen-bond acceptors (Lipinski definition) is 4. The minimum absolute atomic E-state index is 0.0533. The summed E-state index contributed by atoms with van der Waals surface area (Å²) < 4.78 is 41.8. The smallest absolute Gasteiger partial charge is 0.194 e. The van der Waals surface area contributed by atoms with Crippen LogP contribution in [0, 0.1) is 17.5 Å². The average Bonchev–Trinajstić information content (AvgIpc) is 2.91. The summed E-state index contributed by atoms with van der Waals surface area (Å²) in [5.41, 5.74) is 2.35. The Labute approximate surface area is 119 Å². The molecule has 5 nitrogen and oxygen atoms in total.